The normalized spacial score (nSPS) is 11.4. The number of aromatic nitrogens is 4. The minimum Gasteiger partial charge on any atom is -0.348 e. The number of carbonyl (C=O) groups is 1. The molecule has 0 saturated heterocycles. The van der Waals surface area contributed by atoms with E-state index in [2.05, 4.69) is 20.4 Å². The summed E-state index contributed by atoms with van der Waals surface area (Å²) in [5.41, 5.74) is 2.36. The molecule has 0 aliphatic carbocycles. The molecule has 0 aliphatic rings. The maximum absolute atomic E-state index is 13.0. The highest BCUT2D eigenvalue weighted by atomic mass is 19.1. The topological polar surface area (TPSA) is 72.7 Å². The number of nitrogens with zero attached hydrogens (tertiary/aromatic N) is 4. The smallest absolute Gasteiger partial charge is 0.244 e. The molecular formula is C18H16FN5O. The highest BCUT2D eigenvalue weighted by Crippen LogP contribution is 2.14. The molecule has 0 atom stereocenters. The van der Waals surface area contributed by atoms with Crippen molar-refractivity contribution in [2.45, 2.75) is 13.5 Å². The van der Waals surface area contributed by atoms with Crippen LogP contribution in [0.5, 0.6) is 0 Å². The summed E-state index contributed by atoms with van der Waals surface area (Å²) in [7, 11) is 0. The number of rotatable bonds is 5. The number of hydrogen-bond acceptors (Lipinski definition) is 4. The fourth-order valence-electron chi connectivity index (χ4n) is 2.32. The Kier molecular flexibility index (Phi) is 4.94. The van der Waals surface area contributed by atoms with E-state index in [-0.39, 0.29) is 11.7 Å². The van der Waals surface area contributed by atoms with Crippen LogP contribution in [0, 0.1) is 5.82 Å². The van der Waals surface area contributed by atoms with E-state index in [1.165, 1.54) is 24.5 Å². The Morgan fingerprint density at radius 3 is 2.80 bits per heavy atom. The molecule has 0 aliphatic heterocycles. The Labute approximate surface area is 144 Å². The van der Waals surface area contributed by atoms with E-state index >= 15 is 0 Å². The molecule has 1 aromatic carbocycles. The van der Waals surface area contributed by atoms with Gasteiger partial charge in [0, 0.05) is 24.4 Å². The molecule has 2 heterocycles. The second-order valence-corrected chi connectivity index (χ2v) is 5.38. The average molecular weight is 337 g/mol. The number of nitrogens with one attached hydrogen (secondary N) is 1. The Balaban J connectivity index is 1.69. The first-order valence-electron chi connectivity index (χ1n) is 7.64. The van der Waals surface area contributed by atoms with Crippen LogP contribution < -0.4 is 5.32 Å². The van der Waals surface area contributed by atoms with Gasteiger partial charge >= 0.3 is 0 Å². The molecule has 0 fully saturated rings. The minimum absolute atomic E-state index is 0.241. The Morgan fingerprint density at radius 1 is 1.28 bits per heavy atom. The molecule has 0 unspecified atom stereocenters. The summed E-state index contributed by atoms with van der Waals surface area (Å²) in [4.78, 5) is 20.3. The molecule has 126 valence electrons. The van der Waals surface area contributed by atoms with Crippen molar-refractivity contribution in [3.05, 3.63) is 78.3 Å². The van der Waals surface area contributed by atoms with Crippen molar-refractivity contribution in [3.8, 4) is 5.82 Å². The predicted molar refractivity (Wildman–Crippen MR) is 91.1 cm³/mol. The SMILES string of the molecule is C/C(=C\C(=O)NCc1cccnc1-n1cncn1)c1ccc(F)cc1. The van der Waals surface area contributed by atoms with Gasteiger partial charge in [0.2, 0.25) is 5.91 Å². The van der Waals surface area contributed by atoms with Crippen molar-refractivity contribution in [2.75, 3.05) is 0 Å². The third kappa shape index (κ3) is 4.14. The summed E-state index contributed by atoms with van der Waals surface area (Å²) in [6, 6.07) is 9.66. The van der Waals surface area contributed by atoms with Gasteiger partial charge < -0.3 is 5.32 Å². The lowest BCUT2D eigenvalue weighted by Gasteiger charge is -2.08. The molecule has 3 aromatic rings. The molecule has 0 saturated carbocycles. The van der Waals surface area contributed by atoms with Crippen LogP contribution in [0.2, 0.25) is 0 Å². The van der Waals surface area contributed by atoms with Gasteiger partial charge in [0.25, 0.3) is 0 Å². The van der Waals surface area contributed by atoms with Crippen molar-refractivity contribution in [1.82, 2.24) is 25.1 Å². The second-order valence-electron chi connectivity index (χ2n) is 5.38. The Bertz CT molecular complexity index is 888. The van der Waals surface area contributed by atoms with Crippen molar-refractivity contribution >= 4 is 11.5 Å². The van der Waals surface area contributed by atoms with E-state index in [0.29, 0.717) is 12.4 Å². The standard InChI is InChI=1S/C18H16FN5O/c1-13(14-4-6-16(19)7-5-14)9-17(25)22-10-15-3-2-8-21-18(15)24-12-20-11-23-24/h2-9,11-12H,10H2,1H3,(H,22,25)/b13-9+. The molecule has 3 rings (SSSR count). The van der Waals surface area contributed by atoms with Gasteiger partial charge in [-0.25, -0.2) is 19.0 Å². The number of pyridine rings is 1. The molecule has 25 heavy (non-hydrogen) atoms. The van der Waals surface area contributed by atoms with Crippen LogP contribution in [0.15, 0.2) is 61.3 Å². The van der Waals surface area contributed by atoms with Gasteiger partial charge in [-0.2, -0.15) is 5.10 Å². The van der Waals surface area contributed by atoms with Gasteiger partial charge in [-0.05, 0) is 36.3 Å². The number of halogens is 1. The van der Waals surface area contributed by atoms with Gasteiger partial charge in [0.1, 0.15) is 18.5 Å². The zero-order valence-corrected chi connectivity index (χ0v) is 13.6. The van der Waals surface area contributed by atoms with E-state index in [0.717, 1.165) is 16.7 Å². The monoisotopic (exact) mass is 337 g/mol. The number of benzene rings is 1. The maximum Gasteiger partial charge on any atom is 0.244 e. The van der Waals surface area contributed by atoms with Crippen molar-refractivity contribution < 1.29 is 9.18 Å². The average Bonchev–Trinajstić information content (AvgIpc) is 3.15. The van der Waals surface area contributed by atoms with Gasteiger partial charge in [0.05, 0.1) is 0 Å². The zero-order chi connectivity index (χ0) is 17.6. The van der Waals surface area contributed by atoms with Crippen LogP contribution in [0.4, 0.5) is 4.39 Å². The molecule has 1 amide bonds. The van der Waals surface area contributed by atoms with Gasteiger partial charge in [-0.15, -0.1) is 0 Å². The lowest BCUT2D eigenvalue weighted by atomic mass is 10.1. The lowest BCUT2D eigenvalue weighted by molar-refractivity contribution is -0.116. The molecule has 7 heteroatoms. The third-order valence-corrected chi connectivity index (χ3v) is 3.60. The molecule has 0 spiro atoms. The van der Waals surface area contributed by atoms with Crippen LogP contribution in [0.1, 0.15) is 18.1 Å². The van der Waals surface area contributed by atoms with Crippen LogP contribution in [-0.2, 0) is 11.3 Å². The van der Waals surface area contributed by atoms with Crippen LogP contribution in [0.3, 0.4) is 0 Å². The first-order chi connectivity index (χ1) is 12.1. The van der Waals surface area contributed by atoms with E-state index in [1.54, 1.807) is 42.3 Å². The largest absolute Gasteiger partial charge is 0.348 e. The molecule has 6 nitrogen and oxygen atoms in total. The molecule has 0 radical (unpaired) electrons. The summed E-state index contributed by atoms with van der Waals surface area (Å²) < 4.78 is 14.5. The van der Waals surface area contributed by atoms with Crippen LogP contribution in [0.25, 0.3) is 11.4 Å². The summed E-state index contributed by atoms with van der Waals surface area (Å²) >= 11 is 0. The molecule has 0 bridgehead atoms. The highest BCUT2D eigenvalue weighted by molar-refractivity contribution is 5.94. The number of amides is 1. The molecular weight excluding hydrogens is 321 g/mol. The van der Waals surface area contributed by atoms with Crippen molar-refractivity contribution in [1.29, 1.82) is 0 Å². The van der Waals surface area contributed by atoms with E-state index in [4.69, 9.17) is 0 Å². The highest BCUT2D eigenvalue weighted by Gasteiger charge is 2.08. The van der Waals surface area contributed by atoms with E-state index in [9.17, 15) is 9.18 Å². The lowest BCUT2D eigenvalue weighted by Crippen LogP contribution is -2.22. The van der Waals surface area contributed by atoms with Gasteiger partial charge in [-0.1, -0.05) is 18.2 Å². The molecule has 2 aromatic heterocycles. The van der Waals surface area contributed by atoms with Crippen molar-refractivity contribution in [2.24, 2.45) is 0 Å². The first kappa shape index (κ1) is 16.5. The van der Waals surface area contributed by atoms with Crippen LogP contribution in [-0.4, -0.2) is 25.7 Å². The molecule has 1 N–H and O–H groups in total. The number of carbonyl (C=O) groups excluding carboxylic acids is 1. The number of allylic oxidation sites excluding steroid dienone is 1. The fraction of sp³-hybridized carbons (Fsp3) is 0.111. The van der Waals surface area contributed by atoms with Crippen molar-refractivity contribution in [3.63, 3.8) is 0 Å². The predicted octanol–water partition coefficient (Wildman–Crippen LogP) is 2.52. The quantitative estimate of drug-likeness (QED) is 0.726. The van der Waals surface area contributed by atoms with Crippen LogP contribution >= 0.6 is 0 Å². The van der Waals surface area contributed by atoms with Gasteiger partial charge in [0.15, 0.2) is 5.82 Å². The summed E-state index contributed by atoms with van der Waals surface area (Å²) in [5, 5.41) is 6.88. The Morgan fingerprint density at radius 2 is 2.08 bits per heavy atom. The zero-order valence-electron chi connectivity index (χ0n) is 13.6. The Hall–Kier alpha value is -3.35. The van der Waals surface area contributed by atoms with E-state index < -0.39 is 0 Å². The second kappa shape index (κ2) is 7.48. The maximum atomic E-state index is 13.0. The number of hydrogen-bond donors (Lipinski definition) is 1. The third-order valence-electron chi connectivity index (χ3n) is 3.60. The summed E-state index contributed by atoms with van der Waals surface area (Å²) in [5.74, 6) is 0.0629. The van der Waals surface area contributed by atoms with E-state index in [1.807, 2.05) is 6.07 Å². The van der Waals surface area contributed by atoms with Gasteiger partial charge in [-0.3, -0.25) is 4.79 Å². The first-order valence-corrected chi connectivity index (χ1v) is 7.64. The minimum atomic E-state index is -0.307. The fourth-order valence-corrected chi connectivity index (χ4v) is 2.32. The summed E-state index contributed by atoms with van der Waals surface area (Å²) in [6.45, 7) is 2.10. The summed E-state index contributed by atoms with van der Waals surface area (Å²) in [6.07, 6.45) is 6.11.